The molecule has 0 aliphatic carbocycles. The van der Waals surface area contributed by atoms with Crippen LogP contribution in [-0.4, -0.2) is 26.2 Å². The van der Waals surface area contributed by atoms with E-state index in [1.807, 2.05) is 0 Å². The number of esters is 2. The Hall–Kier alpha value is -1.53. The lowest BCUT2D eigenvalue weighted by atomic mass is 10.1. The van der Waals surface area contributed by atoms with Crippen molar-refractivity contribution in [3.63, 3.8) is 0 Å². The summed E-state index contributed by atoms with van der Waals surface area (Å²) >= 11 is 0. The van der Waals surface area contributed by atoms with Crippen molar-refractivity contribution in [3.05, 3.63) is 35.4 Å². The standard InChI is InChI=1S/C10H10O4.H3N.H2S/c1-13-9(11)7-5-3-4-6-8(7)10(12)14-2;;/h3-6H,1-2H3;1H3;1H2. The first-order valence-corrected chi connectivity index (χ1v) is 3.96. The van der Waals surface area contributed by atoms with Crippen LogP contribution in [0.4, 0.5) is 0 Å². The molecule has 1 rings (SSSR count). The largest absolute Gasteiger partial charge is 0.465 e. The van der Waals surface area contributed by atoms with Crippen LogP contribution in [-0.2, 0) is 9.47 Å². The Bertz CT molecular complexity index is 333. The molecule has 1 aromatic carbocycles. The van der Waals surface area contributed by atoms with Crippen molar-refractivity contribution in [1.29, 1.82) is 0 Å². The Labute approximate surface area is 101 Å². The smallest absolute Gasteiger partial charge is 0.338 e. The highest BCUT2D eigenvalue weighted by atomic mass is 32.1. The molecule has 3 N–H and O–H groups in total. The normalized spacial score (nSPS) is 8.12. The number of hydrogen-bond donors (Lipinski definition) is 1. The molecule has 0 spiro atoms. The van der Waals surface area contributed by atoms with Crippen LogP contribution in [0.2, 0.25) is 0 Å². The van der Waals surface area contributed by atoms with Gasteiger partial charge in [0, 0.05) is 0 Å². The summed E-state index contributed by atoms with van der Waals surface area (Å²) in [7, 11) is 2.52. The SMILES string of the molecule is COC(=O)c1ccccc1C(=O)OC.N.S. The monoisotopic (exact) mass is 245 g/mol. The molecule has 6 heteroatoms. The molecule has 0 fully saturated rings. The van der Waals surface area contributed by atoms with Gasteiger partial charge in [0.2, 0.25) is 0 Å². The summed E-state index contributed by atoms with van der Waals surface area (Å²) in [6.07, 6.45) is 0. The first-order chi connectivity index (χ1) is 6.70. The van der Waals surface area contributed by atoms with E-state index in [0.29, 0.717) is 0 Å². The second-order valence-corrected chi connectivity index (χ2v) is 2.53. The van der Waals surface area contributed by atoms with Gasteiger partial charge >= 0.3 is 11.9 Å². The zero-order valence-corrected chi connectivity index (χ0v) is 10.1. The van der Waals surface area contributed by atoms with Crippen molar-refractivity contribution in [2.24, 2.45) is 0 Å². The fraction of sp³-hybridized carbons (Fsp3) is 0.200. The van der Waals surface area contributed by atoms with Gasteiger partial charge < -0.3 is 15.6 Å². The van der Waals surface area contributed by atoms with Crippen molar-refractivity contribution in [2.45, 2.75) is 0 Å². The third-order valence-electron chi connectivity index (χ3n) is 1.74. The number of hydrogen-bond acceptors (Lipinski definition) is 5. The zero-order valence-electron chi connectivity index (χ0n) is 9.15. The van der Waals surface area contributed by atoms with Crippen molar-refractivity contribution >= 4 is 25.4 Å². The Morgan fingerprint density at radius 3 is 1.50 bits per heavy atom. The second kappa shape index (κ2) is 7.72. The molecule has 0 bridgehead atoms. The summed E-state index contributed by atoms with van der Waals surface area (Å²) in [6, 6.07) is 6.33. The first-order valence-electron chi connectivity index (χ1n) is 3.96. The van der Waals surface area contributed by atoms with E-state index in [-0.39, 0.29) is 30.8 Å². The van der Waals surface area contributed by atoms with E-state index in [1.165, 1.54) is 26.4 Å². The number of carbonyl (C=O) groups excluding carboxylic acids is 2. The zero-order chi connectivity index (χ0) is 10.6. The van der Waals surface area contributed by atoms with Gasteiger partial charge in [0.25, 0.3) is 0 Å². The van der Waals surface area contributed by atoms with E-state index in [0.717, 1.165) is 0 Å². The molecule has 0 unspecified atom stereocenters. The van der Waals surface area contributed by atoms with Gasteiger partial charge in [-0.1, -0.05) is 12.1 Å². The number of methoxy groups -OCH3 is 2. The fourth-order valence-corrected chi connectivity index (χ4v) is 1.06. The number of ether oxygens (including phenoxy) is 2. The summed E-state index contributed by atoms with van der Waals surface area (Å²) in [5.41, 5.74) is 0.420. The van der Waals surface area contributed by atoms with Crippen LogP contribution >= 0.6 is 13.5 Å². The fourth-order valence-electron chi connectivity index (χ4n) is 1.06. The predicted octanol–water partition coefficient (Wildman–Crippen LogP) is 1.53. The molecule has 0 amide bonds. The van der Waals surface area contributed by atoms with Crippen molar-refractivity contribution in [1.82, 2.24) is 6.15 Å². The minimum absolute atomic E-state index is 0. The lowest BCUT2D eigenvalue weighted by Crippen LogP contribution is -2.11. The summed E-state index contributed by atoms with van der Waals surface area (Å²) in [6.45, 7) is 0. The molecule has 1 aromatic rings. The van der Waals surface area contributed by atoms with Gasteiger partial charge in [-0.25, -0.2) is 9.59 Å². The molecule has 5 nitrogen and oxygen atoms in total. The summed E-state index contributed by atoms with van der Waals surface area (Å²) in [4.78, 5) is 22.4. The molecule has 0 saturated heterocycles. The Balaban J connectivity index is 0. The van der Waals surface area contributed by atoms with Crippen LogP contribution in [0.25, 0.3) is 0 Å². The molecule has 16 heavy (non-hydrogen) atoms. The first kappa shape index (κ1) is 16.9. The molecule has 0 aliphatic rings. The maximum atomic E-state index is 11.2. The van der Waals surface area contributed by atoms with Gasteiger partial charge in [-0.3, -0.25) is 0 Å². The number of benzene rings is 1. The highest BCUT2D eigenvalue weighted by Crippen LogP contribution is 2.10. The van der Waals surface area contributed by atoms with Crippen LogP contribution in [0.15, 0.2) is 24.3 Å². The third-order valence-corrected chi connectivity index (χ3v) is 1.74. The topological polar surface area (TPSA) is 87.6 Å². The second-order valence-electron chi connectivity index (χ2n) is 2.53. The lowest BCUT2D eigenvalue weighted by Gasteiger charge is -2.04. The predicted molar refractivity (Wildman–Crippen MR) is 64.5 cm³/mol. The molecule has 0 saturated carbocycles. The Morgan fingerprint density at radius 2 is 1.25 bits per heavy atom. The van der Waals surface area contributed by atoms with Crippen LogP contribution in [0, 0.1) is 0 Å². The van der Waals surface area contributed by atoms with Crippen LogP contribution in [0.1, 0.15) is 20.7 Å². The van der Waals surface area contributed by atoms with E-state index < -0.39 is 11.9 Å². The summed E-state index contributed by atoms with van der Waals surface area (Å²) in [5, 5.41) is 0. The Morgan fingerprint density at radius 1 is 0.938 bits per heavy atom. The van der Waals surface area contributed by atoms with Crippen LogP contribution in [0.5, 0.6) is 0 Å². The van der Waals surface area contributed by atoms with Gasteiger partial charge in [-0.05, 0) is 12.1 Å². The van der Waals surface area contributed by atoms with E-state index in [4.69, 9.17) is 0 Å². The van der Waals surface area contributed by atoms with Gasteiger partial charge in [-0.15, -0.1) is 0 Å². The maximum absolute atomic E-state index is 11.2. The van der Waals surface area contributed by atoms with Gasteiger partial charge in [0.1, 0.15) is 0 Å². The highest BCUT2D eigenvalue weighted by Gasteiger charge is 2.16. The van der Waals surface area contributed by atoms with E-state index in [2.05, 4.69) is 9.47 Å². The molecule has 0 radical (unpaired) electrons. The molecule has 90 valence electrons. The molecular weight excluding hydrogens is 230 g/mol. The minimum atomic E-state index is -0.550. The quantitative estimate of drug-likeness (QED) is 0.798. The summed E-state index contributed by atoms with van der Waals surface area (Å²) in [5.74, 6) is -1.10. The molecule has 0 atom stereocenters. The van der Waals surface area contributed by atoms with E-state index in [9.17, 15) is 9.59 Å². The molecule has 0 heterocycles. The van der Waals surface area contributed by atoms with Gasteiger partial charge in [0.05, 0.1) is 25.3 Å². The molecular formula is C10H15NO4S. The number of carbonyl (C=O) groups is 2. The minimum Gasteiger partial charge on any atom is -0.465 e. The Kier molecular flexibility index (Phi) is 8.15. The lowest BCUT2D eigenvalue weighted by molar-refractivity contribution is 0.0555. The maximum Gasteiger partial charge on any atom is 0.338 e. The van der Waals surface area contributed by atoms with Crippen molar-refractivity contribution in [2.75, 3.05) is 14.2 Å². The third kappa shape index (κ3) is 3.56. The van der Waals surface area contributed by atoms with Gasteiger partial charge in [0.15, 0.2) is 0 Å². The molecule has 0 aromatic heterocycles. The van der Waals surface area contributed by atoms with Crippen molar-refractivity contribution in [3.8, 4) is 0 Å². The van der Waals surface area contributed by atoms with Crippen LogP contribution in [0.3, 0.4) is 0 Å². The summed E-state index contributed by atoms with van der Waals surface area (Å²) < 4.78 is 9.05. The molecule has 0 aliphatic heterocycles. The van der Waals surface area contributed by atoms with E-state index in [1.54, 1.807) is 12.1 Å². The number of rotatable bonds is 2. The highest BCUT2D eigenvalue weighted by molar-refractivity contribution is 7.59. The van der Waals surface area contributed by atoms with Gasteiger partial charge in [-0.2, -0.15) is 13.5 Å². The average Bonchev–Trinajstić information content (AvgIpc) is 2.27. The van der Waals surface area contributed by atoms with E-state index >= 15 is 0 Å². The average molecular weight is 245 g/mol. The van der Waals surface area contributed by atoms with Crippen molar-refractivity contribution < 1.29 is 19.1 Å². The van der Waals surface area contributed by atoms with Crippen LogP contribution < -0.4 is 6.15 Å².